The van der Waals surface area contributed by atoms with Crippen LogP contribution in [0.2, 0.25) is 0 Å². The largest absolute Gasteiger partial charge is 0.309 e. The van der Waals surface area contributed by atoms with Crippen LogP contribution in [0, 0.1) is 0 Å². The summed E-state index contributed by atoms with van der Waals surface area (Å²) in [6.07, 6.45) is 2.39. The Morgan fingerprint density at radius 1 is 1.00 bits per heavy atom. The Labute approximate surface area is 123 Å². The van der Waals surface area contributed by atoms with Crippen molar-refractivity contribution in [1.82, 2.24) is 5.32 Å². The Balaban J connectivity index is 1.97. The zero-order chi connectivity index (χ0) is 13.5. The minimum atomic E-state index is 0.292. The van der Waals surface area contributed by atoms with Gasteiger partial charge in [-0.05, 0) is 58.8 Å². The van der Waals surface area contributed by atoms with E-state index >= 15 is 0 Å². The van der Waals surface area contributed by atoms with Crippen molar-refractivity contribution in [3.8, 4) is 0 Å². The van der Waals surface area contributed by atoms with Crippen LogP contribution < -0.4 is 5.32 Å². The monoisotopic (exact) mass is 279 g/mol. The first-order valence-corrected chi connectivity index (χ1v) is 8.00. The molecule has 20 heavy (non-hydrogen) atoms. The third-order valence-corrected chi connectivity index (χ3v) is 5.28. The van der Waals surface area contributed by atoms with Crippen molar-refractivity contribution >= 4 is 22.1 Å². The number of hydrogen-bond donors (Lipinski definition) is 1. The lowest BCUT2D eigenvalue weighted by Gasteiger charge is -2.18. The van der Waals surface area contributed by atoms with Crippen molar-refractivity contribution in [2.75, 3.05) is 7.05 Å². The van der Waals surface area contributed by atoms with E-state index in [0.29, 0.717) is 6.04 Å². The van der Waals surface area contributed by atoms with Crippen LogP contribution in [0.1, 0.15) is 27.6 Å². The fraction of sp³-hybridized carbons (Fsp3) is 0.222. The van der Waals surface area contributed by atoms with Crippen molar-refractivity contribution in [1.29, 1.82) is 0 Å². The van der Waals surface area contributed by atoms with Crippen molar-refractivity contribution in [3.05, 3.63) is 69.4 Å². The maximum Gasteiger partial charge on any atom is 0.0674 e. The van der Waals surface area contributed by atoms with E-state index < -0.39 is 0 Å². The molecule has 2 aromatic carbocycles. The molecule has 0 bridgehead atoms. The van der Waals surface area contributed by atoms with Gasteiger partial charge in [-0.3, -0.25) is 0 Å². The summed E-state index contributed by atoms with van der Waals surface area (Å²) in [5.74, 6) is 0. The summed E-state index contributed by atoms with van der Waals surface area (Å²) in [6.45, 7) is 0. The van der Waals surface area contributed by atoms with Crippen molar-refractivity contribution in [2.45, 2.75) is 18.9 Å². The number of hydrogen-bond acceptors (Lipinski definition) is 2. The summed E-state index contributed by atoms with van der Waals surface area (Å²) in [5.41, 5.74) is 4.43. The SMILES string of the molecule is CNC(c1cccs1)c1ccc2c3c(cccc13)CC2. The highest BCUT2D eigenvalue weighted by Gasteiger charge is 2.20. The Hall–Kier alpha value is -1.64. The van der Waals surface area contributed by atoms with E-state index in [-0.39, 0.29) is 0 Å². The Bertz CT molecular complexity index is 748. The highest BCUT2D eigenvalue weighted by molar-refractivity contribution is 7.10. The average Bonchev–Trinajstić information content (AvgIpc) is 3.13. The lowest BCUT2D eigenvalue weighted by molar-refractivity contribution is 0.709. The molecule has 1 aliphatic carbocycles. The molecule has 0 spiro atoms. The summed E-state index contributed by atoms with van der Waals surface area (Å²) in [6, 6.07) is 16.0. The first-order chi connectivity index (χ1) is 9.88. The molecular weight excluding hydrogens is 262 g/mol. The number of benzene rings is 2. The van der Waals surface area contributed by atoms with Gasteiger partial charge in [0.2, 0.25) is 0 Å². The van der Waals surface area contributed by atoms with Crippen LogP contribution in [0.3, 0.4) is 0 Å². The maximum absolute atomic E-state index is 3.48. The molecule has 0 saturated carbocycles. The van der Waals surface area contributed by atoms with Gasteiger partial charge >= 0.3 is 0 Å². The van der Waals surface area contributed by atoms with Gasteiger partial charge in [0.05, 0.1) is 6.04 Å². The molecule has 4 rings (SSSR count). The van der Waals surface area contributed by atoms with Crippen LogP contribution in [0.15, 0.2) is 47.8 Å². The van der Waals surface area contributed by atoms with Crippen LogP contribution in [-0.4, -0.2) is 7.05 Å². The summed E-state index contributed by atoms with van der Waals surface area (Å²) < 4.78 is 0. The molecule has 1 heterocycles. The molecule has 0 saturated heterocycles. The molecule has 1 unspecified atom stereocenters. The van der Waals surface area contributed by atoms with Gasteiger partial charge < -0.3 is 5.32 Å². The lowest BCUT2D eigenvalue weighted by Crippen LogP contribution is -2.16. The summed E-state index contributed by atoms with van der Waals surface area (Å²) in [5, 5.41) is 8.56. The van der Waals surface area contributed by atoms with E-state index in [4.69, 9.17) is 0 Å². The second-order valence-corrected chi connectivity index (χ2v) is 6.37. The topological polar surface area (TPSA) is 12.0 Å². The number of nitrogens with one attached hydrogen (secondary N) is 1. The molecule has 1 nitrogen and oxygen atoms in total. The van der Waals surface area contributed by atoms with Crippen molar-refractivity contribution in [3.63, 3.8) is 0 Å². The zero-order valence-corrected chi connectivity index (χ0v) is 12.3. The van der Waals surface area contributed by atoms with E-state index in [9.17, 15) is 0 Å². The number of rotatable bonds is 3. The lowest BCUT2D eigenvalue weighted by atomic mass is 9.95. The van der Waals surface area contributed by atoms with Crippen LogP contribution in [-0.2, 0) is 12.8 Å². The predicted octanol–water partition coefficient (Wildman–Crippen LogP) is 4.31. The van der Waals surface area contributed by atoms with E-state index in [1.165, 1.54) is 45.2 Å². The molecule has 0 radical (unpaired) electrons. The Kier molecular flexibility index (Phi) is 2.86. The van der Waals surface area contributed by atoms with Gasteiger partial charge in [-0.15, -0.1) is 11.3 Å². The quantitative estimate of drug-likeness (QED) is 0.753. The van der Waals surface area contributed by atoms with Crippen LogP contribution >= 0.6 is 11.3 Å². The van der Waals surface area contributed by atoms with Crippen LogP contribution in [0.4, 0.5) is 0 Å². The van der Waals surface area contributed by atoms with Gasteiger partial charge in [-0.2, -0.15) is 0 Å². The molecule has 100 valence electrons. The van der Waals surface area contributed by atoms with Crippen LogP contribution in [0.25, 0.3) is 10.8 Å². The van der Waals surface area contributed by atoms with E-state index in [1.807, 2.05) is 18.4 Å². The van der Waals surface area contributed by atoms with Gasteiger partial charge in [0, 0.05) is 4.88 Å². The molecule has 0 aliphatic heterocycles. The van der Waals surface area contributed by atoms with Gasteiger partial charge in [0.15, 0.2) is 0 Å². The third-order valence-electron chi connectivity index (χ3n) is 4.34. The van der Waals surface area contributed by atoms with Crippen molar-refractivity contribution < 1.29 is 0 Å². The number of thiophene rings is 1. The standard InChI is InChI=1S/C18H17NS/c1-19-18(16-6-3-11-20-16)15-10-9-13-8-7-12-4-2-5-14(15)17(12)13/h2-6,9-11,18-19H,7-8H2,1H3. The first kappa shape index (κ1) is 12.1. The zero-order valence-electron chi connectivity index (χ0n) is 11.5. The molecule has 2 heteroatoms. The molecule has 1 aliphatic rings. The molecule has 0 amide bonds. The smallest absolute Gasteiger partial charge is 0.0674 e. The summed E-state index contributed by atoms with van der Waals surface area (Å²) >= 11 is 1.82. The van der Waals surface area contributed by atoms with Gasteiger partial charge in [0.25, 0.3) is 0 Å². The van der Waals surface area contributed by atoms with Crippen molar-refractivity contribution in [2.24, 2.45) is 0 Å². The van der Waals surface area contributed by atoms with Gasteiger partial charge in [-0.1, -0.05) is 36.4 Å². The molecule has 1 aromatic heterocycles. The minimum absolute atomic E-state index is 0.292. The van der Waals surface area contributed by atoms with Crippen LogP contribution in [0.5, 0.6) is 0 Å². The molecule has 0 fully saturated rings. The van der Waals surface area contributed by atoms with Gasteiger partial charge in [-0.25, -0.2) is 0 Å². The maximum atomic E-state index is 3.48. The van der Waals surface area contributed by atoms with E-state index in [2.05, 4.69) is 53.2 Å². The third kappa shape index (κ3) is 1.72. The normalized spacial score (nSPS) is 14.8. The minimum Gasteiger partial charge on any atom is -0.309 e. The fourth-order valence-electron chi connectivity index (χ4n) is 3.43. The molecular formula is C18H17NS. The molecule has 1 atom stereocenters. The first-order valence-electron chi connectivity index (χ1n) is 7.12. The predicted molar refractivity (Wildman–Crippen MR) is 86.6 cm³/mol. The average molecular weight is 279 g/mol. The summed E-state index contributed by atoms with van der Waals surface area (Å²) in [7, 11) is 2.05. The molecule has 1 N–H and O–H groups in total. The summed E-state index contributed by atoms with van der Waals surface area (Å²) in [4.78, 5) is 1.38. The Morgan fingerprint density at radius 2 is 1.85 bits per heavy atom. The van der Waals surface area contributed by atoms with Gasteiger partial charge in [0.1, 0.15) is 0 Å². The van der Waals surface area contributed by atoms with E-state index in [1.54, 1.807) is 0 Å². The molecule has 3 aromatic rings. The number of aryl methyl sites for hydroxylation is 2. The highest BCUT2D eigenvalue weighted by Crippen LogP contribution is 2.37. The second-order valence-electron chi connectivity index (χ2n) is 5.39. The second kappa shape index (κ2) is 4.72. The Morgan fingerprint density at radius 3 is 2.60 bits per heavy atom. The fourth-order valence-corrected chi connectivity index (χ4v) is 4.28. The van der Waals surface area contributed by atoms with E-state index in [0.717, 1.165) is 0 Å². The highest BCUT2D eigenvalue weighted by atomic mass is 32.1.